The van der Waals surface area contributed by atoms with Crippen LogP contribution in [-0.4, -0.2) is 33.4 Å². The van der Waals surface area contributed by atoms with Gasteiger partial charge < -0.3 is 10.2 Å². The minimum atomic E-state index is -1.07. The predicted octanol–water partition coefficient (Wildman–Crippen LogP) is 1.18. The fourth-order valence-electron chi connectivity index (χ4n) is 3.42. The van der Waals surface area contributed by atoms with E-state index in [0.717, 1.165) is 23.5 Å². The Morgan fingerprint density at radius 2 is 2.08 bits per heavy atom. The molecule has 0 saturated carbocycles. The van der Waals surface area contributed by atoms with Gasteiger partial charge in [0.2, 0.25) is 11.8 Å². The van der Waals surface area contributed by atoms with Gasteiger partial charge in [-0.1, -0.05) is 5.21 Å². The maximum atomic E-state index is 13.6. The molecule has 7 nitrogen and oxygen atoms in total. The number of hydrogen-bond acceptors (Lipinski definition) is 4. The zero-order valence-electron chi connectivity index (χ0n) is 13.4. The molecule has 1 N–H and O–H groups in total. The SMILES string of the molecule is Cn1nnc2c1C[C@@H](C(=O)N1CC(=O)Nc3cc(F)c(F)cc31)CC2. The summed E-state index contributed by atoms with van der Waals surface area (Å²) in [6, 6.07) is 1.84. The Bertz CT molecular complexity index is 895. The van der Waals surface area contributed by atoms with Crippen molar-refractivity contribution in [3.05, 3.63) is 35.2 Å². The Morgan fingerprint density at radius 3 is 2.88 bits per heavy atom. The van der Waals surface area contributed by atoms with Gasteiger partial charge in [-0.2, -0.15) is 0 Å². The van der Waals surface area contributed by atoms with Crippen LogP contribution in [0, 0.1) is 17.6 Å². The molecule has 2 aromatic rings. The van der Waals surface area contributed by atoms with E-state index < -0.39 is 17.5 Å². The average Bonchev–Trinajstić information content (AvgIpc) is 2.96. The fraction of sp³-hybridized carbons (Fsp3) is 0.375. The Balaban J connectivity index is 1.66. The van der Waals surface area contributed by atoms with Crippen molar-refractivity contribution >= 4 is 23.2 Å². The molecular formula is C16H15F2N5O2. The first kappa shape index (κ1) is 15.7. The van der Waals surface area contributed by atoms with E-state index in [1.54, 1.807) is 11.7 Å². The number of halogens is 2. The molecule has 9 heteroatoms. The number of rotatable bonds is 1. The van der Waals surface area contributed by atoms with Crippen molar-refractivity contribution < 1.29 is 18.4 Å². The number of carbonyl (C=O) groups excluding carboxylic acids is 2. The molecule has 0 fully saturated rings. The van der Waals surface area contributed by atoms with Gasteiger partial charge in [0.25, 0.3) is 0 Å². The molecule has 2 heterocycles. The summed E-state index contributed by atoms with van der Waals surface area (Å²) in [6.07, 6.45) is 1.64. The molecule has 2 aliphatic rings. The number of benzene rings is 1. The van der Waals surface area contributed by atoms with Crippen molar-refractivity contribution in [2.75, 3.05) is 16.8 Å². The maximum Gasteiger partial charge on any atom is 0.244 e. The van der Waals surface area contributed by atoms with Crippen LogP contribution >= 0.6 is 0 Å². The van der Waals surface area contributed by atoms with Crippen LogP contribution in [-0.2, 0) is 29.5 Å². The Hall–Kier alpha value is -2.84. The lowest BCUT2D eigenvalue weighted by molar-refractivity contribution is -0.125. The molecule has 1 atom stereocenters. The highest BCUT2D eigenvalue weighted by Gasteiger charge is 2.35. The van der Waals surface area contributed by atoms with Crippen molar-refractivity contribution in [1.82, 2.24) is 15.0 Å². The van der Waals surface area contributed by atoms with Gasteiger partial charge >= 0.3 is 0 Å². The van der Waals surface area contributed by atoms with Crippen LogP contribution in [0.5, 0.6) is 0 Å². The number of nitrogens with one attached hydrogen (secondary N) is 1. The topological polar surface area (TPSA) is 80.1 Å². The van der Waals surface area contributed by atoms with Gasteiger partial charge in [0.05, 0.1) is 22.8 Å². The van der Waals surface area contributed by atoms with E-state index in [-0.39, 0.29) is 29.7 Å². The van der Waals surface area contributed by atoms with Gasteiger partial charge in [-0.05, 0) is 12.8 Å². The summed E-state index contributed by atoms with van der Waals surface area (Å²) < 4.78 is 28.7. The minimum absolute atomic E-state index is 0.0993. The van der Waals surface area contributed by atoms with E-state index in [1.807, 2.05) is 0 Å². The third kappa shape index (κ3) is 2.55. The largest absolute Gasteiger partial charge is 0.323 e. The second-order valence-corrected chi connectivity index (χ2v) is 6.30. The van der Waals surface area contributed by atoms with Crippen molar-refractivity contribution in [1.29, 1.82) is 0 Å². The summed E-state index contributed by atoms with van der Waals surface area (Å²) in [5, 5.41) is 10.5. The zero-order valence-corrected chi connectivity index (χ0v) is 13.4. The highest BCUT2D eigenvalue weighted by atomic mass is 19.2. The molecule has 1 aromatic carbocycles. The minimum Gasteiger partial charge on any atom is -0.323 e. The predicted molar refractivity (Wildman–Crippen MR) is 83.9 cm³/mol. The van der Waals surface area contributed by atoms with Crippen molar-refractivity contribution in [3.8, 4) is 0 Å². The lowest BCUT2D eigenvalue weighted by Gasteiger charge is -2.33. The second-order valence-electron chi connectivity index (χ2n) is 6.30. The lowest BCUT2D eigenvalue weighted by Crippen LogP contribution is -2.46. The van der Waals surface area contributed by atoms with E-state index in [0.29, 0.717) is 19.3 Å². The average molecular weight is 347 g/mol. The molecule has 4 rings (SSSR count). The smallest absolute Gasteiger partial charge is 0.244 e. The quantitative estimate of drug-likeness (QED) is 0.840. The third-order valence-electron chi connectivity index (χ3n) is 4.71. The Labute approximate surface area is 141 Å². The number of hydrogen-bond donors (Lipinski definition) is 1. The zero-order chi connectivity index (χ0) is 17.7. The van der Waals surface area contributed by atoms with E-state index in [1.165, 1.54) is 4.90 Å². The van der Waals surface area contributed by atoms with Crippen molar-refractivity contribution in [2.45, 2.75) is 19.3 Å². The summed E-state index contributed by atoms with van der Waals surface area (Å²) >= 11 is 0. The Kier molecular flexibility index (Phi) is 3.52. The van der Waals surface area contributed by atoms with E-state index in [4.69, 9.17) is 0 Å². The first-order chi connectivity index (χ1) is 11.9. The number of aromatic nitrogens is 3. The molecule has 2 amide bonds. The van der Waals surface area contributed by atoms with E-state index in [9.17, 15) is 18.4 Å². The maximum absolute atomic E-state index is 13.6. The standard InChI is InChI=1S/C16H15F2N5O2/c1-22-13-4-8(2-3-11(13)20-21-22)16(25)23-7-15(24)19-12-5-9(17)10(18)6-14(12)23/h5-6,8H,2-4,7H2,1H3,(H,19,24)/t8-/m0/s1. The lowest BCUT2D eigenvalue weighted by atomic mass is 9.88. The summed E-state index contributed by atoms with van der Waals surface area (Å²) in [5.74, 6) is -3.22. The molecule has 0 unspecified atom stereocenters. The van der Waals surface area contributed by atoms with Crippen LogP contribution in [0.3, 0.4) is 0 Å². The number of carbonyl (C=O) groups is 2. The number of amides is 2. The Morgan fingerprint density at radius 1 is 1.32 bits per heavy atom. The molecule has 0 saturated heterocycles. The number of fused-ring (bicyclic) bond motifs is 2. The van der Waals surface area contributed by atoms with E-state index >= 15 is 0 Å². The first-order valence-corrected chi connectivity index (χ1v) is 7.91. The van der Waals surface area contributed by atoms with Gasteiger partial charge in [-0.15, -0.1) is 5.10 Å². The van der Waals surface area contributed by atoms with Crippen LogP contribution in [0.1, 0.15) is 17.8 Å². The highest BCUT2D eigenvalue weighted by molar-refractivity contribution is 6.10. The summed E-state index contributed by atoms with van der Waals surface area (Å²) in [7, 11) is 1.76. The van der Waals surface area contributed by atoms with Crippen LogP contribution in [0.4, 0.5) is 20.2 Å². The van der Waals surface area contributed by atoms with Crippen molar-refractivity contribution in [2.24, 2.45) is 13.0 Å². The molecule has 1 aromatic heterocycles. The first-order valence-electron chi connectivity index (χ1n) is 7.91. The number of nitrogens with zero attached hydrogens (tertiary/aromatic N) is 4. The van der Waals surface area contributed by atoms with Crippen LogP contribution in [0.25, 0.3) is 0 Å². The van der Waals surface area contributed by atoms with Gasteiger partial charge in [-0.25, -0.2) is 8.78 Å². The molecule has 0 radical (unpaired) electrons. The fourth-order valence-corrected chi connectivity index (χ4v) is 3.42. The van der Waals surface area contributed by atoms with Crippen molar-refractivity contribution in [3.63, 3.8) is 0 Å². The highest BCUT2D eigenvalue weighted by Crippen LogP contribution is 2.34. The van der Waals surface area contributed by atoms with Crippen LogP contribution in [0.15, 0.2) is 12.1 Å². The van der Waals surface area contributed by atoms with Gasteiger partial charge in [0.15, 0.2) is 11.6 Å². The summed E-state index contributed by atoms with van der Waals surface area (Å²) in [5.41, 5.74) is 2.03. The van der Waals surface area contributed by atoms with Crippen LogP contribution in [0.2, 0.25) is 0 Å². The second kappa shape index (κ2) is 5.61. The molecular weight excluding hydrogens is 332 g/mol. The summed E-state index contributed by atoms with van der Waals surface area (Å²) in [6.45, 7) is -0.218. The van der Waals surface area contributed by atoms with Gasteiger partial charge in [-0.3, -0.25) is 14.3 Å². The van der Waals surface area contributed by atoms with Crippen LogP contribution < -0.4 is 10.2 Å². The molecule has 1 aliphatic heterocycles. The molecule has 0 spiro atoms. The van der Waals surface area contributed by atoms with E-state index in [2.05, 4.69) is 15.6 Å². The normalized spacial score (nSPS) is 19.2. The summed E-state index contributed by atoms with van der Waals surface area (Å²) in [4.78, 5) is 26.1. The number of aryl methyl sites for hydroxylation is 2. The molecule has 25 heavy (non-hydrogen) atoms. The molecule has 0 bridgehead atoms. The molecule has 1 aliphatic carbocycles. The monoisotopic (exact) mass is 347 g/mol. The number of anilines is 2. The van der Waals surface area contributed by atoms with Gasteiger partial charge in [0, 0.05) is 31.5 Å². The van der Waals surface area contributed by atoms with Gasteiger partial charge in [0.1, 0.15) is 6.54 Å². The molecule has 130 valence electrons. The third-order valence-corrected chi connectivity index (χ3v) is 4.71.